The van der Waals surface area contributed by atoms with Gasteiger partial charge in [-0.25, -0.2) is 0 Å². The van der Waals surface area contributed by atoms with Gasteiger partial charge in [-0.15, -0.1) is 0 Å². The average molecular weight is 442 g/mol. The molecule has 0 spiro atoms. The lowest BCUT2D eigenvalue weighted by molar-refractivity contribution is 0.217. The van der Waals surface area contributed by atoms with Crippen LogP contribution in [0.5, 0.6) is 23.0 Å². The highest BCUT2D eigenvalue weighted by Crippen LogP contribution is 2.36. The van der Waals surface area contributed by atoms with Crippen LogP contribution in [0.1, 0.15) is 0 Å². The third kappa shape index (κ3) is 5.77. The van der Waals surface area contributed by atoms with Crippen LogP contribution in [0.25, 0.3) is 0 Å². The Kier molecular flexibility index (Phi) is 7.33. The summed E-state index contributed by atoms with van der Waals surface area (Å²) in [6.07, 6.45) is 0. The molecule has 0 saturated heterocycles. The van der Waals surface area contributed by atoms with Crippen molar-refractivity contribution in [2.75, 3.05) is 32.3 Å². The topological polar surface area (TPSA) is 40.2 Å². The Morgan fingerprint density at radius 1 is 0.455 bits per heavy atom. The Bertz CT molecular complexity index is 1060. The van der Waals surface area contributed by atoms with Gasteiger partial charge in [0.1, 0.15) is 36.2 Å². The van der Waals surface area contributed by atoms with Crippen LogP contribution in [0, 0.1) is 0 Å². The molecule has 4 aromatic rings. The Morgan fingerprint density at radius 2 is 0.818 bits per heavy atom. The maximum Gasteiger partial charge on any atom is 0.122 e. The highest BCUT2D eigenvalue weighted by atomic mass is 16.5. The third-order valence-corrected chi connectivity index (χ3v) is 5.12. The number of nitrogens with zero attached hydrogens (tertiary/aromatic N) is 1. The molecule has 168 valence electrons. The van der Waals surface area contributed by atoms with E-state index in [-0.39, 0.29) is 0 Å². The van der Waals surface area contributed by atoms with Gasteiger partial charge in [0.2, 0.25) is 0 Å². The number of rotatable bonds is 10. The molecule has 0 heterocycles. The molecule has 0 aliphatic heterocycles. The van der Waals surface area contributed by atoms with Crippen LogP contribution in [0.3, 0.4) is 0 Å². The number of para-hydroxylation sites is 1. The monoisotopic (exact) mass is 441 g/mol. The lowest BCUT2D eigenvalue weighted by Gasteiger charge is -2.26. The summed E-state index contributed by atoms with van der Waals surface area (Å²) in [4.78, 5) is 2.17. The standard InChI is InChI=1S/C28H27NO4/c1-30-25-14-8-22(9-15-25)29(23-10-16-26(31-2)17-11-23)24-12-18-28(19-13-24)33-21-20-32-27-6-4-3-5-7-27/h3-19H,20-21H2,1-2H3. The summed E-state index contributed by atoms with van der Waals surface area (Å²) in [5.74, 6) is 3.26. The second-order valence-electron chi connectivity index (χ2n) is 7.24. The average Bonchev–Trinajstić information content (AvgIpc) is 2.89. The van der Waals surface area contributed by atoms with E-state index in [1.807, 2.05) is 103 Å². The van der Waals surface area contributed by atoms with Crippen molar-refractivity contribution >= 4 is 17.1 Å². The van der Waals surface area contributed by atoms with Crippen molar-refractivity contribution in [1.82, 2.24) is 0 Å². The second-order valence-corrected chi connectivity index (χ2v) is 7.24. The van der Waals surface area contributed by atoms with Crippen LogP contribution in [-0.2, 0) is 0 Å². The van der Waals surface area contributed by atoms with E-state index in [1.165, 1.54) is 0 Å². The molecule has 5 heteroatoms. The van der Waals surface area contributed by atoms with Gasteiger partial charge in [-0.05, 0) is 84.9 Å². The molecule has 33 heavy (non-hydrogen) atoms. The first-order valence-electron chi connectivity index (χ1n) is 10.8. The lowest BCUT2D eigenvalue weighted by Crippen LogP contribution is -2.11. The van der Waals surface area contributed by atoms with Crippen LogP contribution in [0.2, 0.25) is 0 Å². The minimum Gasteiger partial charge on any atom is -0.497 e. The van der Waals surface area contributed by atoms with E-state index in [0.29, 0.717) is 13.2 Å². The maximum absolute atomic E-state index is 5.86. The summed E-state index contributed by atoms with van der Waals surface area (Å²) in [7, 11) is 3.33. The fourth-order valence-electron chi connectivity index (χ4n) is 3.44. The Balaban J connectivity index is 1.48. The molecule has 0 aliphatic carbocycles. The van der Waals surface area contributed by atoms with E-state index >= 15 is 0 Å². The zero-order chi connectivity index (χ0) is 22.9. The molecule has 0 N–H and O–H groups in total. The molecule has 0 radical (unpaired) electrons. The van der Waals surface area contributed by atoms with Gasteiger partial charge in [-0.2, -0.15) is 0 Å². The number of anilines is 3. The fraction of sp³-hybridized carbons (Fsp3) is 0.143. The van der Waals surface area contributed by atoms with Gasteiger partial charge in [0.15, 0.2) is 0 Å². The lowest BCUT2D eigenvalue weighted by atomic mass is 10.2. The summed E-state index contributed by atoms with van der Waals surface area (Å²) < 4.78 is 22.2. The van der Waals surface area contributed by atoms with Crippen LogP contribution < -0.4 is 23.8 Å². The zero-order valence-electron chi connectivity index (χ0n) is 18.8. The minimum absolute atomic E-state index is 0.467. The normalized spacial score (nSPS) is 10.4. The molecular formula is C28H27NO4. The van der Waals surface area contributed by atoms with E-state index in [1.54, 1.807) is 14.2 Å². The Labute approximate surface area is 194 Å². The number of hydrogen-bond donors (Lipinski definition) is 0. The second kappa shape index (κ2) is 11.0. The molecule has 0 unspecified atom stereocenters. The quantitative estimate of drug-likeness (QED) is 0.258. The van der Waals surface area contributed by atoms with Gasteiger partial charge in [-0.3, -0.25) is 0 Å². The van der Waals surface area contributed by atoms with Crippen molar-refractivity contribution in [1.29, 1.82) is 0 Å². The zero-order valence-corrected chi connectivity index (χ0v) is 18.8. The van der Waals surface area contributed by atoms with Gasteiger partial charge in [0.25, 0.3) is 0 Å². The first kappa shape index (κ1) is 22.1. The van der Waals surface area contributed by atoms with Gasteiger partial charge in [0, 0.05) is 17.1 Å². The van der Waals surface area contributed by atoms with Crippen molar-refractivity contribution in [3.05, 3.63) is 103 Å². The first-order valence-corrected chi connectivity index (χ1v) is 10.8. The van der Waals surface area contributed by atoms with Crippen LogP contribution >= 0.6 is 0 Å². The van der Waals surface area contributed by atoms with Crippen molar-refractivity contribution in [2.24, 2.45) is 0 Å². The summed E-state index contributed by atoms with van der Waals surface area (Å²) >= 11 is 0. The predicted octanol–water partition coefficient (Wildman–Crippen LogP) is 6.63. The van der Waals surface area contributed by atoms with E-state index in [0.717, 1.165) is 40.1 Å². The number of benzene rings is 4. The van der Waals surface area contributed by atoms with E-state index in [2.05, 4.69) is 4.90 Å². The van der Waals surface area contributed by atoms with Gasteiger partial charge < -0.3 is 23.8 Å². The molecule has 0 aromatic heterocycles. The molecule has 4 aromatic carbocycles. The van der Waals surface area contributed by atoms with E-state index < -0.39 is 0 Å². The molecule has 5 nitrogen and oxygen atoms in total. The Hall–Kier alpha value is -4.12. The van der Waals surface area contributed by atoms with Crippen molar-refractivity contribution in [2.45, 2.75) is 0 Å². The largest absolute Gasteiger partial charge is 0.497 e. The minimum atomic E-state index is 0.467. The van der Waals surface area contributed by atoms with Crippen molar-refractivity contribution in [3.63, 3.8) is 0 Å². The van der Waals surface area contributed by atoms with Crippen molar-refractivity contribution in [3.8, 4) is 23.0 Å². The number of methoxy groups -OCH3 is 2. The maximum atomic E-state index is 5.86. The molecule has 4 rings (SSSR count). The molecule has 0 fully saturated rings. The van der Waals surface area contributed by atoms with Gasteiger partial charge in [-0.1, -0.05) is 18.2 Å². The number of hydrogen-bond acceptors (Lipinski definition) is 5. The molecule has 0 aliphatic rings. The van der Waals surface area contributed by atoms with Crippen LogP contribution in [0.15, 0.2) is 103 Å². The molecule has 0 saturated carbocycles. The van der Waals surface area contributed by atoms with Gasteiger partial charge >= 0.3 is 0 Å². The molecule has 0 atom stereocenters. The summed E-state index contributed by atoms with van der Waals surface area (Å²) in [6, 6.07) is 33.7. The number of ether oxygens (including phenoxy) is 4. The summed E-state index contributed by atoms with van der Waals surface area (Å²) in [6.45, 7) is 0.949. The van der Waals surface area contributed by atoms with E-state index in [4.69, 9.17) is 18.9 Å². The SMILES string of the molecule is COc1ccc(N(c2ccc(OC)cc2)c2ccc(OCCOc3ccccc3)cc2)cc1. The third-order valence-electron chi connectivity index (χ3n) is 5.12. The van der Waals surface area contributed by atoms with Crippen molar-refractivity contribution < 1.29 is 18.9 Å². The van der Waals surface area contributed by atoms with Gasteiger partial charge in [0.05, 0.1) is 14.2 Å². The smallest absolute Gasteiger partial charge is 0.122 e. The van der Waals surface area contributed by atoms with E-state index in [9.17, 15) is 0 Å². The first-order chi connectivity index (χ1) is 16.3. The molecular weight excluding hydrogens is 414 g/mol. The molecule has 0 amide bonds. The summed E-state index contributed by atoms with van der Waals surface area (Å²) in [5.41, 5.74) is 3.05. The fourth-order valence-corrected chi connectivity index (χ4v) is 3.44. The van der Waals surface area contributed by atoms with Crippen LogP contribution in [-0.4, -0.2) is 27.4 Å². The van der Waals surface area contributed by atoms with Crippen LogP contribution in [0.4, 0.5) is 17.1 Å². The highest BCUT2D eigenvalue weighted by Gasteiger charge is 2.13. The Morgan fingerprint density at radius 3 is 1.21 bits per heavy atom. The predicted molar refractivity (Wildman–Crippen MR) is 132 cm³/mol. The molecule has 0 bridgehead atoms. The summed E-state index contributed by atoms with van der Waals surface area (Å²) in [5, 5.41) is 0. The highest BCUT2D eigenvalue weighted by molar-refractivity contribution is 5.77.